The predicted molar refractivity (Wildman–Crippen MR) is 86.1 cm³/mol. The molecule has 2 atom stereocenters. The summed E-state index contributed by atoms with van der Waals surface area (Å²) >= 11 is 3.67. The topological polar surface area (TPSA) is 38.3 Å². The third kappa shape index (κ3) is 2.81. The van der Waals surface area contributed by atoms with Gasteiger partial charge in [0.15, 0.2) is 0 Å². The minimum atomic E-state index is -0.0659. The van der Waals surface area contributed by atoms with E-state index in [0.717, 1.165) is 12.2 Å². The molecule has 0 saturated heterocycles. The first-order valence-corrected chi connectivity index (χ1v) is 7.77. The van der Waals surface area contributed by atoms with Crippen molar-refractivity contribution in [2.24, 2.45) is 0 Å². The number of hydrogen-bond donors (Lipinski definition) is 1. The summed E-state index contributed by atoms with van der Waals surface area (Å²) < 4.78 is 5.11. The Labute approximate surface area is 132 Å². The molecule has 3 nitrogen and oxygen atoms in total. The molecule has 21 heavy (non-hydrogen) atoms. The van der Waals surface area contributed by atoms with Gasteiger partial charge in [-0.25, -0.2) is 0 Å². The average molecular weight is 346 g/mol. The van der Waals surface area contributed by atoms with E-state index in [0.29, 0.717) is 5.56 Å². The number of amides is 1. The number of ether oxygens (including phenoxy) is 1. The molecule has 4 heteroatoms. The van der Waals surface area contributed by atoms with Gasteiger partial charge in [-0.15, -0.1) is 0 Å². The van der Waals surface area contributed by atoms with E-state index < -0.39 is 0 Å². The molecule has 1 aliphatic rings. The molecule has 2 aromatic rings. The second kappa shape index (κ2) is 5.90. The fourth-order valence-corrected chi connectivity index (χ4v) is 3.45. The van der Waals surface area contributed by atoms with Crippen LogP contribution in [0.15, 0.2) is 48.5 Å². The van der Waals surface area contributed by atoms with Gasteiger partial charge in [-0.2, -0.15) is 0 Å². The number of nitrogens with one attached hydrogen (secondary N) is 1. The first kappa shape index (κ1) is 14.1. The van der Waals surface area contributed by atoms with Crippen LogP contribution < -0.4 is 10.1 Å². The summed E-state index contributed by atoms with van der Waals surface area (Å²) in [5.41, 5.74) is 3.13. The Bertz CT molecular complexity index is 654. The summed E-state index contributed by atoms with van der Waals surface area (Å²) in [6.07, 6.45) is 0.934. The zero-order valence-electron chi connectivity index (χ0n) is 11.7. The highest BCUT2D eigenvalue weighted by atomic mass is 79.9. The molecule has 0 aliphatic heterocycles. The van der Waals surface area contributed by atoms with Crippen LogP contribution in [0.2, 0.25) is 0 Å². The first-order chi connectivity index (χ1) is 10.2. The van der Waals surface area contributed by atoms with Crippen molar-refractivity contribution >= 4 is 21.8 Å². The van der Waals surface area contributed by atoms with Crippen LogP contribution in [0.1, 0.15) is 27.5 Å². The minimum Gasteiger partial charge on any atom is -0.497 e. The molecule has 0 saturated carbocycles. The molecule has 0 heterocycles. The number of carbonyl (C=O) groups is 1. The predicted octanol–water partition coefficient (Wildman–Crippen LogP) is 3.49. The molecule has 3 rings (SSSR count). The molecule has 1 amide bonds. The molecule has 0 aromatic heterocycles. The Hall–Kier alpha value is -1.81. The largest absolute Gasteiger partial charge is 0.497 e. The van der Waals surface area contributed by atoms with Crippen LogP contribution in [0.4, 0.5) is 0 Å². The van der Waals surface area contributed by atoms with Crippen molar-refractivity contribution in [2.75, 3.05) is 7.11 Å². The molecule has 2 aromatic carbocycles. The van der Waals surface area contributed by atoms with Gasteiger partial charge in [-0.05, 0) is 41.8 Å². The molecule has 108 valence electrons. The van der Waals surface area contributed by atoms with Gasteiger partial charge in [0.1, 0.15) is 5.75 Å². The van der Waals surface area contributed by atoms with Crippen molar-refractivity contribution in [3.05, 3.63) is 65.2 Å². The Morgan fingerprint density at radius 3 is 2.62 bits per heavy atom. The van der Waals surface area contributed by atoms with Crippen molar-refractivity contribution < 1.29 is 9.53 Å². The first-order valence-electron chi connectivity index (χ1n) is 6.86. The van der Waals surface area contributed by atoms with Crippen LogP contribution in [-0.4, -0.2) is 17.8 Å². The Balaban J connectivity index is 1.78. The zero-order chi connectivity index (χ0) is 14.8. The van der Waals surface area contributed by atoms with Crippen molar-refractivity contribution in [1.82, 2.24) is 5.32 Å². The van der Waals surface area contributed by atoms with Gasteiger partial charge in [-0.1, -0.05) is 40.2 Å². The van der Waals surface area contributed by atoms with Crippen LogP contribution in [-0.2, 0) is 6.42 Å². The lowest BCUT2D eigenvalue weighted by Crippen LogP contribution is -2.31. The van der Waals surface area contributed by atoms with Crippen molar-refractivity contribution in [3.63, 3.8) is 0 Å². The van der Waals surface area contributed by atoms with E-state index in [4.69, 9.17) is 4.74 Å². The molecule has 0 fully saturated rings. The van der Waals surface area contributed by atoms with Crippen molar-refractivity contribution in [1.29, 1.82) is 0 Å². The maximum absolute atomic E-state index is 12.4. The fourth-order valence-electron chi connectivity index (χ4n) is 2.68. The summed E-state index contributed by atoms with van der Waals surface area (Å²) in [6, 6.07) is 15.4. The van der Waals surface area contributed by atoms with Gasteiger partial charge in [-0.3, -0.25) is 4.79 Å². The molecule has 0 spiro atoms. The standard InChI is InChI=1S/C17H16BrNO2/c1-21-13-8-6-11(7-9-13)17(20)19-16-14-5-3-2-4-12(14)10-15(16)18/h2-9,15-16H,10H2,1H3,(H,19,20). The Morgan fingerprint density at radius 2 is 1.90 bits per heavy atom. The van der Waals surface area contributed by atoms with Gasteiger partial charge in [0.2, 0.25) is 0 Å². The van der Waals surface area contributed by atoms with E-state index in [9.17, 15) is 4.79 Å². The summed E-state index contributed by atoms with van der Waals surface area (Å²) in [4.78, 5) is 12.6. The average Bonchev–Trinajstić information content (AvgIpc) is 2.83. The van der Waals surface area contributed by atoms with Gasteiger partial charge in [0.25, 0.3) is 5.91 Å². The highest BCUT2D eigenvalue weighted by Crippen LogP contribution is 2.35. The number of benzene rings is 2. The summed E-state index contributed by atoms with van der Waals surface area (Å²) in [5, 5.41) is 3.11. The number of hydrogen-bond acceptors (Lipinski definition) is 2. The molecule has 2 unspecified atom stereocenters. The monoisotopic (exact) mass is 345 g/mol. The summed E-state index contributed by atoms with van der Waals surface area (Å²) in [5.74, 6) is 0.680. The lowest BCUT2D eigenvalue weighted by atomic mass is 10.1. The van der Waals surface area contributed by atoms with Crippen LogP contribution in [0, 0.1) is 0 Å². The van der Waals surface area contributed by atoms with Crippen LogP contribution >= 0.6 is 15.9 Å². The fraction of sp³-hybridized carbons (Fsp3) is 0.235. The zero-order valence-corrected chi connectivity index (χ0v) is 13.3. The molecule has 1 aliphatic carbocycles. The van der Waals surface area contributed by atoms with Gasteiger partial charge >= 0.3 is 0 Å². The maximum Gasteiger partial charge on any atom is 0.251 e. The maximum atomic E-state index is 12.4. The number of alkyl halides is 1. The van der Waals surface area contributed by atoms with Gasteiger partial charge < -0.3 is 10.1 Å². The van der Waals surface area contributed by atoms with Crippen LogP contribution in [0.5, 0.6) is 5.75 Å². The highest BCUT2D eigenvalue weighted by Gasteiger charge is 2.31. The van der Waals surface area contributed by atoms with E-state index in [1.54, 1.807) is 31.4 Å². The second-order valence-electron chi connectivity index (χ2n) is 5.10. The third-order valence-electron chi connectivity index (χ3n) is 3.81. The van der Waals surface area contributed by atoms with E-state index in [1.807, 2.05) is 12.1 Å². The second-order valence-corrected chi connectivity index (χ2v) is 6.27. The van der Waals surface area contributed by atoms with E-state index in [2.05, 4.69) is 33.4 Å². The van der Waals surface area contributed by atoms with E-state index in [-0.39, 0.29) is 16.8 Å². The lowest BCUT2D eigenvalue weighted by molar-refractivity contribution is 0.0938. The highest BCUT2D eigenvalue weighted by molar-refractivity contribution is 9.09. The van der Waals surface area contributed by atoms with E-state index >= 15 is 0 Å². The number of carbonyl (C=O) groups excluding carboxylic acids is 1. The molecule has 1 N–H and O–H groups in total. The number of rotatable bonds is 3. The normalized spacial score (nSPS) is 19.9. The molecular formula is C17H16BrNO2. The van der Waals surface area contributed by atoms with E-state index in [1.165, 1.54) is 11.1 Å². The van der Waals surface area contributed by atoms with Gasteiger partial charge in [0, 0.05) is 10.4 Å². The van der Waals surface area contributed by atoms with Gasteiger partial charge in [0.05, 0.1) is 13.2 Å². The lowest BCUT2D eigenvalue weighted by Gasteiger charge is -2.18. The van der Waals surface area contributed by atoms with Crippen molar-refractivity contribution in [3.8, 4) is 5.75 Å². The Kier molecular flexibility index (Phi) is 3.97. The summed E-state index contributed by atoms with van der Waals surface area (Å²) in [7, 11) is 1.61. The summed E-state index contributed by atoms with van der Waals surface area (Å²) in [6.45, 7) is 0. The smallest absolute Gasteiger partial charge is 0.251 e. The van der Waals surface area contributed by atoms with Crippen LogP contribution in [0.25, 0.3) is 0 Å². The molecular weight excluding hydrogens is 330 g/mol. The minimum absolute atomic E-state index is 0.0100. The number of methoxy groups -OCH3 is 1. The quantitative estimate of drug-likeness (QED) is 0.864. The molecule has 0 bridgehead atoms. The number of fused-ring (bicyclic) bond motifs is 1. The molecule has 0 radical (unpaired) electrons. The van der Waals surface area contributed by atoms with Crippen molar-refractivity contribution in [2.45, 2.75) is 17.3 Å². The SMILES string of the molecule is COc1ccc(C(=O)NC2c3ccccc3CC2Br)cc1. The Morgan fingerprint density at radius 1 is 1.19 bits per heavy atom. The third-order valence-corrected chi connectivity index (χ3v) is 4.66. The number of halogens is 1. The van der Waals surface area contributed by atoms with Crippen LogP contribution in [0.3, 0.4) is 0 Å².